The van der Waals surface area contributed by atoms with Gasteiger partial charge in [-0.1, -0.05) is 42.5 Å². The molecule has 2 amide bonds. The van der Waals surface area contributed by atoms with Crippen LogP contribution in [-0.4, -0.2) is 77.5 Å². The van der Waals surface area contributed by atoms with Crippen LogP contribution >= 0.6 is 0 Å². The van der Waals surface area contributed by atoms with E-state index in [9.17, 15) is 9.59 Å². The first-order chi connectivity index (χ1) is 19.1. The highest BCUT2D eigenvalue weighted by Gasteiger charge is 2.26. The highest BCUT2D eigenvalue weighted by Crippen LogP contribution is 2.31. The molecule has 2 aliphatic heterocycles. The number of hydrogen-bond acceptors (Lipinski definition) is 6. The molecule has 2 N–H and O–H groups in total. The van der Waals surface area contributed by atoms with E-state index in [-0.39, 0.29) is 11.8 Å². The van der Waals surface area contributed by atoms with Crippen molar-refractivity contribution in [3.63, 3.8) is 0 Å². The fourth-order valence-electron chi connectivity index (χ4n) is 5.38. The third-order valence-electron chi connectivity index (χ3n) is 7.41. The average Bonchev–Trinajstić information content (AvgIpc) is 3.41. The lowest BCUT2D eigenvalue weighted by Crippen LogP contribution is -2.41. The molecule has 200 valence electrons. The Balaban J connectivity index is 1.26. The molecule has 0 saturated carbocycles. The second-order valence-electron chi connectivity index (χ2n) is 10.0. The smallest absolute Gasteiger partial charge is 0.254 e. The lowest BCUT2D eigenvalue weighted by molar-refractivity contribution is -0.118. The van der Waals surface area contributed by atoms with Gasteiger partial charge in [-0.05, 0) is 34.5 Å². The maximum atomic E-state index is 13.8. The van der Waals surface area contributed by atoms with Crippen molar-refractivity contribution in [2.45, 2.75) is 13.1 Å². The predicted octanol–water partition coefficient (Wildman–Crippen LogP) is 3.50. The molecule has 0 atom stereocenters. The van der Waals surface area contributed by atoms with E-state index >= 15 is 0 Å². The number of morpholine rings is 1. The minimum absolute atomic E-state index is 0.0176. The molecule has 4 aromatic rings. The Morgan fingerprint density at radius 2 is 1.82 bits per heavy atom. The summed E-state index contributed by atoms with van der Waals surface area (Å²) in [5, 5.41) is 5.08. The fraction of sp³-hybridized carbons (Fsp3) is 0.300. The van der Waals surface area contributed by atoms with Crippen LogP contribution in [0.5, 0.6) is 0 Å². The number of ether oxygens (including phenoxy) is 1. The van der Waals surface area contributed by atoms with Crippen LogP contribution in [0.25, 0.3) is 10.8 Å². The van der Waals surface area contributed by atoms with Gasteiger partial charge in [0.05, 0.1) is 38.3 Å². The number of nitrogens with one attached hydrogen (secondary N) is 2. The molecule has 39 heavy (non-hydrogen) atoms. The van der Waals surface area contributed by atoms with Gasteiger partial charge in [-0.3, -0.25) is 14.5 Å². The number of aromatic nitrogens is 2. The Morgan fingerprint density at radius 3 is 2.67 bits per heavy atom. The average molecular weight is 525 g/mol. The zero-order valence-corrected chi connectivity index (χ0v) is 21.8. The van der Waals surface area contributed by atoms with Crippen LogP contribution in [0.4, 0.5) is 11.4 Å². The number of imidazole rings is 1. The van der Waals surface area contributed by atoms with E-state index in [1.807, 2.05) is 71.8 Å². The number of H-pyrrole nitrogens is 1. The molecule has 6 rings (SSSR count). The summed E-state index contributed by atoms with van der Waals surface area (Å²) in [5.74, 6) is -0.0256. The molecule has 1 saturated heterocycles. The van der Waals surface area contributed by atoms with Gasteiger partial charge in [0.2, 0.25) is 5.91 Å². The van der Waals surface area contributed by atoms with E-state index < -0.39 is 0 Å². The van der Waals surface area contributed by atoms with Crippen LogP contribution in [0.1, 0.15) is 21.6 Å². The highest BCUT2D eigenvalue weighted by molar-refractivity contribution is 6.07. The number of amides is 2. The number of benzene rings is 3. The largest absolute Gasteiger partial charge is 0.379 e. The molecule has 0 unspecified atom stereocenters. The number of rotatable bonds is 6. The van der Waals surface area contributed by atoms with Crippen molar-refractivity contribution in [2.24, 2.45) is 0 Å². The molecule has 1 aromatic heterocycles. The van der Waals surface area contributed by atoms with Gasteiger partial charge in [-0.15, -0.1) is 0 Å². The normalized spacial score (nSPS) is 16.1. The summed E-state index contributed by atoms with van der Waals surface area (Å²) in [6, 6.07) is 19.9. The predicted molar refractivity (Wildman–Crippen MR) is 151 cm³/mol. The summed E-state index contributed by atoms with van der Waals surface area (Å²) in [6.45, 7) is 5.49. The fourth-order valence-corrected chi connectivity index (χ4v) is 5.38. The minimum Gasteiger partial charge on any atom is -0.379 e. The number of aromatic amines is 1. The number of carbonyl (C=O) groups excluding carboxylic acids is 2. The summed E-state index contributed by atoms with van der Waals surface area (Å²) < 4.78 is 5.39. The van der Waals surface area contributed by atoms with Gasteiger partial charge in [-0.2, -0.15) is 0 Å². The van der Waals surface area contributed by atoms with Crippen LogP contribution in [0, 0.1) is 0 Å². The number of hydrogen-bond donors (Lipinski definition) is 2. The second kappa shape index (κ2) is 11.3. The Bertz CT molecular complexity index is 1460. The van der Waals surface area contributed by atoms with Crippen LogP contribution in [0.2, 0.25) is 0 Å². The summed E-state index contributed by atoms with van der Waals surface area (Å²) in [4.78, 5) is 40.2. The highest BCUT2D eigenvalue weighted by atomic mass is 16.5. The summed E-state index contributed by atoms with van der Waals surface area (Å²) >= 11 is 0. The van der Waals surface area contributed by atoms with Crippen molar-refractivity contribution in [1.29, 1.82) is 0 Å². The number of nitrogens with zero attached hydrogens (tertiary/aromatic N) is 4. The van der Waals surface area contributed by atoms with Crippen LogP contribution in [-0.2, 0) is 22.6 Å². The SMILES string of the molecule is O=C(CN1CCOCC1)Nc1ccc2c(c1)N(Cc1cnc[nH]1)CCN(C(=O)c1cccc3ccccc13)C2. The zero-order valence-electron chi connectivity index (χ0n) is 21.8. The summed E-state index contributed by atoms with van der Waals surface area (Å²) in [7, 11) is 0. The number of carbonyl (C=O) groups is 2. The maximum absolute atomic E-state index is 13.8. The Morgan fingerprint density at radius 1 is 0.974 bits per heavy atom. The summed E-state index contributed by atoms with van der Waals surface area (Å²) in [6.07, 6.45) is 3.49. The molecule has 1 fully saturated rings. The van der Waals surface area contributed by atoms with Crippen molar-refractivity contribution in [3.05, 3.63) is 90.0 Å². The van der Waals surface area contributed by atoms with Crippen LogP contribution < -0.4 is 10.2 Å². The molecular formula is C30H32N6O3. The van der Waals surface area contributed by atoms with Gasteiger partial charge >= 0.3 is 0 Å². The van der Waals surface area contributed by atoms with E-state index in [0.717, 1.165) is 46.5 Å². The first-order valence-corrected chi connectivity index (χ1v) is 13.4. The third-order valence-corrected chi connectivity index (χ3v) is 7.41. The molecule has 0 radical (unpaired) electrons. The first kappa shape index (κ1) is 25.1. The monoisotopic (exact) mass is 524 g/mol. The molecule has 9 nitrogen and oxygen atoms in total. The molecular weight excluding hydrogens is 492 g/mol. The minimum atomic E-state index is -0.0432. The standard InChI is InChI=1S/C30H32N6O3/c37-29(20-34-12-14-39-15-13-34)33-24-9-8-23-18-36(11-10-35(28(23)16-24)19-25-17-31-21-32-25)30(38)27-7-3-5-22-4-1-2-6-26(22)27/h1-9,16-17,21H,10-15,18-20H2,(H,31,32)(H,33,37). The van der Waals surface area contributed by atoms with Crippen LogP contribution in [0.15, 0.2) is 73.2 Å². The molecule has 0 spiro atoms. The Labute approximate surface area is 227 Å². The van der Waals surface area contributed by atoms with Gasteiger partial charge in [0.1, 0.15) is 0 Å². The number of fused-ring (bicyclic) bond motifs is 2. The van der Waals surface area contributed by atoms with Gasteiger partial charge in [0.25, 0.3) is 5.91 Å². The van der Waals surface area contributed by atoms with E-state index in [2.05, 4.69) is 25.1 Å². The van der Waals surface area contributed by atoms with Gasteiger partial charge in [0.15, 0.2) is 0 Å². The van der Waals surface area contributed by atoms with Crippen molar-refractivity contribution in [3.8, 4) is 0 Å². The first-order valence-electron chi connectivity index (χ1n) is 13.4. The molecule has 0 bridgehead atoms. The van der Waals surface area contributed by atoms with E-state index in [1.54, 1.807) is 6.33 Å². The van der Waals surface area contributed by atoms with E-state index in [0.29, 0.717) is 51.5 Å². The quantitative estimate of drug-likeness (QED) is 0.401. The van der Waals surface area contributed by atoms with Crippen molar-refractivity contribution < 1.29 is 14.3 Å². The summed E-state index contributed by atoms with van der Waals surface area (Å²) in [5.41, 5.74) is 4.48. The molecule has 3 aromatic carbocycles. The van der Waals surface area contributed by atoms with E-state index in [4.69, 9.17) is 4.74 Å². The second-order valence-corrected chi connectivity index (χ2v) is 10.0. The van der Waals surface area contributed by atoms with Gasteiger partial charge in [0, 0.05) is 55.9 Å². The topological polar surface area (TPSA) is 93.8 Å². The zero-order chi connectivity index (χ0) is 26.6. The molecule has 9 heteroatoms. The Hall–Kier alpha value is -4.21. The maximum Gasteiger partial charge on any atom is 0.254 e. The van der Waals surface area contributed by atoms with Crippen LogP contribution in [0.3, 0.4) is 0 Å². The Kier molecular flexibility index (Phi) is 7.25. The van der Waals surface area contributed by atoms with Crippen molar-refractivity contribution >= 4 is 34.0 Å². The van der Waals surface area contributed by atoms with E-state index in [1.165, 1.54) is 0 Å². The van der Waals surface area contributed by atoms with Crippen molar-refractivity contribution in [2.75, 3.05) is 56.2 Å². The molecule has 0 aliphatic carbocycles. The molecule has 3 heterocycles. The third kappa shape index (κ3) is 5.64. The van der Waals surface area contributed by atoms with Gasteiger partial charge < -0.3 is 24.8 Å². The van der Waals surface area contributed by atoms with Gasteiger partial charge in [-0.25, -0.2) is 4.98 Å². The van der Waals surface area contributed by atoms with Crippen molar-refractivity contribution in [1.82, 2.24) is 19.8 Å². The lowest BCUT2D eigenvalue weighted by Gasteiger charge is -2.26. The number of anilines is 2. The molecule has 2 aliphatic rings. The lowest BCUT2D eigenvalue weighted by atomic mass is 10.0.